The molecule has 0 spiro atoms. The van der Waals surface area contributed by atoms with E-state index in [-0.39, 0.29) is 506 Å². The third-order valence-corrected chi connectivity index (χ3v) is 0. The van der Waals surface area contributed by atoms with Crippen LogP contribution in [0.15, 0.2) is 0 Å². The van der Waals surface area contributed by atoms with Crippen molar-refractivity contribution in [1.82, 2.24) is 0 Å². The zero-order valence-corrected chi connectivity index (χ0v) is 62.1. The molecule has 0 fully saturated rings. The molecule has 0 nitrogen and oxygen atoms in total. The second-order valence-corrected chi connectivity index (χ2v) is 0. The van der Waals surface area contributed by atoms with E-state index < -0.39 is 0 Å². The molecule has 0 aromatic rings. The number of hydrogen-bond donors (Lipinski definition) is 0. The monoisotopic (exact) mass is 4680 g/mol. The van der Waals surface area contributed by atoms with E-state index in [1.54, 1.807) is 0 Å². The van der Waals surface area contributed by atoms with Crippen molar-refractivity contribution in [2.24, 2.45) is 0 Å². The van der Waals surface area contributed by atoms with Gasteiger partial charge in [-0.15, -0.1) is 0 Å². The summed E-state index contributed by atoms with van der Waals surface area (Å²) in [4.78, 5) is 0. The molecule has 0 amide bonds. The third-order valence-electron chi connectivity index (χ3n) is 0. The minimum absolute atomic E-state index is 0. The van der Waals surface area contributed by atoms with Crippen LogP contribution in [0.25, 0.3) is 0 Å². The molecule has 0 saturated heterocycles. The Balaban J connectivity index is 0. The molecular weight excluding hydrogens is 4680 g/mol. The zero-order valence-electron chi connectivity index (χ0n) is 7.59. The van der Waals surface area contributed by atoms with E-state index in [1.807, 2.05) is 0 Å². The molecule has 0 aliphatic rings. The minimum atomic E-state index is 0. The quantitative estimate of drug-likeness (QED) is 0.320. The van der Waals surface area contributed by atoms with Gasteiger partial charge in [0, 0.05) is 506 Å². The van der Waals surface area contributed by atoms with Gasteiger partial charge in [0.15, 0.2) is 0 Å². The molecule has 0 atom stereocenters. The van der Waals surface area contributed by atoms with Gasteiger partial charge < -0.3 is 0 Å². The second-order valence-electron chi connectivity index (χ2n) is 0. The van der Waals surface area contributed by atoms with E-state index in [2.05, 4.69) is 0 Å². The first kappa shape index (κ1) is 232. The van der Waals surface area contributed by atoms with Crippen molar-refractivity contribution in [3.05, 3.63) is 0 Å². The Bertz CT molecular complexity index is 0. The van der Waals surface area contributed by atoms with E-state index in [0.717, 1.165) is 0 Å². The van der Waals surface area contributed by atoms with Crippen LogP contribution in [-0.4, -0.2) is 0 Å². The number of hydrogen-bond acceptors (Lipinski definition) is 0. The Kier molecular flexibility index (Phi) is 2080. The van der Waals surface area contributed by atoms with Gasteiger partial charge >= 0.3 is 0 Å². The molecule has 0 aromatic heterocycles. The Morgan fingerprint density at radius 2 is 0.0417 bits per heavy atom. The minimum Gasteiger partial charge on any atom is 0 e. The van der Waals surface area contributed by atoms with Gasteiger partial charge in [0.2, 0.25) is 0 Å². The Labute approximate surface area is 491 Å². The SMILES string of the molecule is [Pt].[Pt].[Pt].[Pt].[Pt].[Pt].[Pt].[Pt].[Pt].[Pt].[Pt].[Pt].[Pt].[Pt].[Pt].[Pt].[Pt].[Pt].[Pt].[Pt].[Pt].[Pt].[Pt].[Pt]. The van der Waals surface area contributed by atoms with Crippen LogP contribution in [0.1, 0.15) is 0 Å². The molecule has 0 saturated carbocycles. The summed E-state index contributed by atoms with van der Waals surface area (Å²) in [6.45, 7) is 0. The standard InChI is InChI=1S/24Pt. The van der Waals surface area contributed by atoms with Gasteiger partial charge in [0.05, 0.1) is 0 Å². The normalized spacial score (nSPS) is 0. The molecule has 240 valence electrons. The fourth-order valence-electron chi connectivity index (χ4n) is 0. The number of rotatable bonds is 0. The van der Waals surface area contributed by atoms with Crippen LogP contribution in [0.5, 0.6) is 0 Å². The summed E-state index contributed by atoms with van der Waals surface area (Å²) in [5, 5.41) is 0. The van der Waals surface area contributed by atoms with E-state index >= 15 is 0 Å². The summed E-state index contributed by atoms with van der Waals surface area (Å²) in [6.07, 6.45) is 0. The third kappa shape index (κ3) is 199. The molecule has 0 rings (SSSR count). The van der Waals surface area contributed by atoms with Crippen molar-refractivity contribution < 1.29 is 506 Å². The predicted molar refractivity (Wildman–Crippen MR) is 0 cm³/mol. The predicted octanol–water partition coefficient (Wildman–Crippen LogP) is -0.0600. The van der Waals surface area contributed by atoms with Crippen molar-refractivity contribution in [2.75, 3.05) is 0 Å². The molecule has 24 heavy (non-hydrogen) atoms. The average Bonchev–Trinajstić information content (AvgIpc) is 0. The van der Waals surface area contributed by atoms with Crippen LogP contribution in [0, 0.1) is 0 Å². The van der Waals surface area contributed by atoms with Gasteiger partial charge in [0.1, 0.15) is 0 Å². The van der Waals surface area contributed by atoms with Gasteiger partial charge in [-0.2, -0.15) is 0 Å². The van der Waals surface area contributed by atoms with Crippen molar-refractivity contribution in [3.8, 4) is 0 Å². The fourth-order valence-corrected chi connectivity index (χ4v) is 0. The largest absolute Gasteiger partial charge is 0 e. The summed E-state index contributed by atoms with van der Waals surface area (Å²) in [5.74, 6) is 0. The van der Waals surface area contributed by atoms with Crippen LogP contribution >= 0.6 is 0 Å². The maximum Gasteiger partial charge on any atom is 0 e. The van der Waals surface area contributed by atoms with E-state index in [1.165, 1.54) is 0 Å². The summed E-state index contributed by atoms with van der Waals surface area (Å²) < 4.78 is 0. The summed E-state index contributed by atoms with van der Waals surface area (Å²) in [5.41, 5.74) is 0. The topological polar surface area (TPSA) is 0 Å². The molecule has 0 aliphatic carbocycles. The van der Waals surface area contributed by atoms with Crippen molar-refractivity contribution in [2.45, 2.75) is 0 Å². The van der Waals surface area contributed by atoms with Crippen molar-refractivity contribution in [3.63, 3.8) is 0 Å². The first-order valence-corrected chi connectivity index (χ1v) is 0. The summed E-state index contributed by atoms with van der Waals surface area (Å²) in [6, 6.07) is 0. The molecular formula is Pt24. The molecule has 0 N–H and O–H groups in total. The van der Waals surface area contributed by atoms with Crippen LogP contribution < -0.4 is 0 Å². The Morgan fingerprint density at radius 3 is 0.0417 bits per heavy atom. The first-order valence-electron chi connectivity index (χ1n) is 0. The van der Waals surface area contributed by atoms with Crippen LogP contribution in [0.4, 0.5) is 0 Å². The van der Waals surface area contributed by atoms with Crippen LogP contribution in [0.3, 0.4) is 0 Å². The molecule has 24 heteroatoms. The van der Waals surface area contributed by atoms with Crippen LogP contribution in [-0.2, 0) is 506 Å². The Morgan fingerprint density at radius 1 is 0.0417 bits per heavy atom. The molecule has 0 heterocycles. The molecule has 0 radical (unpaired) electrons. The second kappa shape index (κ2) is 215. The molecule has 0 aromatic carbocycles. The summed E-state index contributed by atoms with van der Waals surface area (Å²) >= 11 is 0. The smallest absolute Gasteiger partial charge is 0 e. The average molecular weight is 4680 g/mol. The van der Waals surface area contributed by atoms with Gasteiger partial charge in [-0.3, -0.25) is 0 Å². The van der Waals surface area contributed by atoms with Crippen molar-refractivity contribution in [1.29, 1.82) is 0 Å². The molecule has 0 unspecified atom stereocenters. The van der Waals surface area contributed by atoms with E-state index in [0.29, 0.717) is 0 Å². The van der Waals surface area contributed by atoms with Crippen LogP contribution in [0.2, 0.25) is 0 Å². The Hall–Kier alpha value is 16.5. The van der Waals surface area contributed by atoms with E-state index in [9.17, 15) is 0 Å². The molecule has 0 bridgehead atoms. The molecule has 0 aliphatic heterocycles. The maximum atomic E-state index is 0. The van der Waals surface area contributed by atoms with Gasteiger partial charge in [0.25, 0.3) is 0 Å². The summed E-state index contributed by atoms with van der Waals surface area (Å²) in [7, 11) is 0. The van der Waals surface area contributed by atoms with Gasteiger partial charge in [-0.05, 0) is 0 Å². The maximum absolute atomic E-state index is 0. The van der Waals surface area contributed by atoms with Gasteiger partial charge in [-0.25, -0.2) is 0 Å². The van der Waals surface area contributed by atoms with Crippen molar-refractivity contribution >= 4 is 0 Å². The van der Waals surface area contributed by atoms with E-state index in [4.69, 9.17) is 0 Å². The fraction of sp³-hybridized carbons (Fsp3) is 0. The zero-order chi connectivity index (χ0) is 0. The first-order chi connectivity index (χ1) is 0. The van der Waals surface area contributed by atoms with Gasteiger partial charge in [-0.1, -0.05) is 0 Å².